The molecular formula is C32H33ClN4O. The summed E-state index contributed by atoms with van der Waals surface area (Å²) in [5, 5.41) is 8.91. The van der Waals surface area contributed by atoms with Gasteiger partial charge in [-0.25, -0.2) is 0 Å². The molecule has 38 heavy (non-hydrogen) atoms. The molecule has 0 radical (unpaired) electrons. The van der Waals surface area contributed by atoms with Crippen molar-refractivity contribution in [2.75, 3.05) is 25.0 Å². The summed E-state index contributed by atoms with van der Waals surface area (Å²) in [6.45, 7) is 3.49. The molecule has 1 saturated heterocycles. The van der Waals surface area contributed by atoms with Crippen molar-refractivity contribution < 1.29 is 4.79 Å². The Hall–Kier alpha value is -3.41. The summed E-state index contributed by atoms with van der Waals surface area (Å²) in [6, 6.07) is 23.6. The zero-order valence-electron chi connectivity index (χ0n) is 21.7. The minimum absolute atomic E-state index is 0. The Kier molecular flexibility index (Phi) is 6.37. The molecule has 1 saturated carbocycles. The fraction of sp³-hybridized carbons (Fsp3) is 0.312. The van der Waals surface area contributed by atoms with Crippen LogP contribution < -0.4 is 4.90 Å². The molecule has 4 aromatic rings. The number of amides is 1. The highest BCUT2D eigenvalue weighted by Gasteiger charge is 2.66. The maximum Gasteiger partial charge on any atom is 0.238 e. The Labute approximate surface area is 229 Å². The third-order valence-electron chi connectivity index (χ3n) is 8.68. The van der Waals surface area contributed by atoms with Crippen LogP contribution in [-0.4, -0.2) is 41.1 Å². The quantitative estimate of drug-likeness (QED) is 0.322. The Bertz CT molecular complexity index is 1520. The lowest BCUT2D eigenvalue weighted by Crippen LogP contribution is -2.29. The predicted molar refractivity (Wildman–Crippen MR) is 157 cm³/mol. The number of anilines is 1. The Morgan fingerprint density at radius 3 is 2.61 bits per heavy atom. The van der Waals surface area contributed by atoms with E-state index in [2.05, 4.69) is 81.8 Å². The maximum atomic E-state index is 13.2. The second-order valence-electron chi connectivity index (χ2n) is 10.9. The van der Waals surface area contributed by atoms with E-state index in [0.717, 1.165) is 35.2 Å². The fourth-order valence-electron chi connectivity index (χ4n) is 6.55. The van der Waals surface area contributed by atoms with Crippen LogP contribution in [0.5, 0.6) is 0 Å². The zero-order chi connectivity index (χ0) is 25.0. The Balaban J connectivity index is 0.00000264. The summed E-state index contributed by atoms with van der Waals surface area (Å²) in [5.41, 5.74) is 7.53. The number of nitrogens with one attached hydrogen (secondary N) is 1. The molecule has 1 N–H and O–H groups in total. The highest BCUT2D eigenvalue weighted by Crippen LogP contribution is 2.66. The van der Waals surface area contributed by atoms with Gasteiger partial charge in [0.1, 0.15) is 0 Å². The van der Waals surface area contributed by atoms with Crippen molar-refractivity contribution in [3.8, 4) is 0 Å². The number of benzene rings is 3. The van der Waals surface area contributed by atoms with Crippen molar-refractivity contribution in [2.24, 2.45) is 0 Å². The monoisotopic (exact) mass is 524 g/mol. The van der Waals surface area contributed by atoms with E-state index in [9.17, 15) is 4.79 Å². The van der Waals surface area contributed by atoms with Gasteiger partial charge in [0.2, 0.25) is 5.91 Å². The Morgan fingerprint density at radius 1 is 1.00 bits per heavy atom. The SMILES string of the molecule is CN1C(=O)[C@@]2(C[C@H]2c2ccc3c(/C=C/c4ccc(CN5CCCCC5)cc4)n[nH]c3c2)c2ccccc21.Cl. The van der Waals surface area contributed by atoms with E-state index in [1.165, 1.54) is 54.6 Å². The standard InChI is InChI=1S/C32H32N4O.ClH/c1-35-30-8-4-3-7-26(30)32(31(35)37)20-27(32)24-14-15-25-28(33-34-29(25)19-24)16-13-22-9-11-23(12-10-22)21-36-17-5-2-6-18-36;/h3-4,7-16,19,27H,2,5-6,17-18,20-21H2,1H3,(H,33,34);1H/b16-13+;/t27-,32-;/m0./s1. The lowest BCUT2D eigenvalue weighted by molar-refractivity contribution is -0.120. The van der Waals surface area contributed by atoms with Crippen LogP contribution in [0.3, 0.4) is 0 Å². The number of nitrogens with zero attached hydrogens (tertiary/aromatic N) is 3. The van der Waals surface area contributed by atoms with Crippen molar-refractivity contribution in [3.05, 3.63) is 94.7 Å². The first-order valence-electron chi connectivity index (χ1n) is 13.5. The number of carbonyl (C=O) groups is 1. The molecular weight excluding hydrogens is 492 g/mol. The fourth-order valence-corrected chi connectivity index (χ4v) is 6.55. The van der Waals surface area contributed by atoms with E-state index in [-0.39, 0.29) is 24.2 Å². The number of aromatic amines is 1. The van der Waals surface area contributed by atoms with Gasteiger partial charge in [-0.3, -0.25) is 14.8 Å². The van der Waals surface area contributed by atoms with Gasteiger partial charge in [0.15, 0.2) is 0 Å². The number of hydrogen-bond donors (Lipinski definition) is 1. The van der Waals surface area contributed by atoms with Gasteiger partial charge in [-0.2, -0.15) is 5.10 Å². The summed E-state index contributed by atoms with van der Waals surface area (Å²) in [6.07, 6.45) is 9.11. The van der Waals surface area contributed by atoms with Gasteiger partial charge in [0.25, 0.3) is 0 Å². The number of carbonyl (C=O) groups excluding carboxylic acids is 1. The van der Waals surface area contributed by atoms with Crippen molar-refractivity contribution in [2.45, 2.75) is 43.6 Å². The van der Waals surface area contributed by atoms with Gasteiger partial charge in [-0.15, -0.1) is 12.4 Å². The number of rotatable bonds is 5. The molecule has 6 heteroatoms. The first kappa shape index (κ1) is 24.9. The van der Waals surface area contributed by atoms with Gasteiger partial charge in [-0.05, 0) is 72.8 Å². The van der Waals surface area contributed by atoms with Crippen LogP contribution in [0.15, 0.2) is 66.7 Å². The summed E-state index contributed by atoms with van der Waals surface area (Å²) in [4.78, 5) is 17.6. The number of para-hydroxylation sites is 1. The second kappa shape index (κ2) is 9.72. The number of likely N-dealkylation sites (tertiary alicyclic amines) is 1. The van der Waals surface area contributed by atoms with E-state index >= 15 is 0 Å². The molecule has 5 nitrogen and oxygen atoms in total. The highest BCUT2D eigenvalue weighted by molar-refractivity contribution is 6.11. The number of hydrogen-bond acceptors (Lipinski definition) is 3. The topological polar surface area (TPSA) is 52.2 Å². The van der Waals surface area contributed by atoms with E-state index in [1.54, 1.807) is 0 Å². The lowest BCUT2D eigenvalue weighted by Gasteiger charge is -2.26. The average molecular weight is 525 g/mol. The highest BCUT2D eigenvalue weighted by atomic mass is 35.5. The Morgan fingerprint density at radius 2 is 1.79 bits per heavy atom. The van der Waals surface area contributed by atoms with Crippen molar-refractivity contribution >= 4 is 47.1 Å². The third-order valence-corrected chi connectivity index (χ3v) is 8.68. The van der Waals surface area contributed by atoms with E-state index < -0.39 is 5.41 Å². The molecule has 3 heterocycles. The van der Waals surface area contributed by atoms with Gasteiger partial charge < -0.3 is 4.90 Å². The number of likely N-dealkylation sites (N-methyl/N-ethyl adjacent to an activating group) is 1. The molecule has 0 bridgehead atoms. The molecule has 1 amide bonds. The van der Waals surface area contributed by atoms with Crippen LogP contribution >= 0.6 is 12.4 Å². The average Bonchev–Trinajstić information content (AvgIpc) is 3.52. The smallest absolute Gasteiger partial charge is 0.238 e. The molecule has 2 atom stereocenters. The molecule has 3 aliphatic rings. The van der Waals surface area contributed by atoms with Gasteiger partial charge in [0.05, 0.1) is 16.6 Å². The lowest BCUT2D eigenvalue weighted by atomic mass is 9.92. The second-order valence-corrected chi connectivity index (χ2v) is 10.9. The van der Waals surface area contributed by atoms with Crippen LogP contribution in [-0.2, 0) is 16.8 Å². The molecule has 2 fully saturated rings. The van der Waals surface area contributed by atoms with E-state index in [1.807, 2.05) is 24.1 Å². The normalized spacial score (nSPS) is 22.8. The first-order valence-corrected chi connectivity index (χ1v) is 13.5. The van der Waals surface area contributed by atoms with Crippen molar-refractivity contribution in [1.82, 2.24) is 15.1 Å². The van der Waals surface area contributed by atoms with Gasteiger partial charge in [-0.1, -0.05) is 67.1 Å². The van der Waals surface area contributed by atoms with Crippen LogP contribution in [0.25, 0.3) is 23.1 Å². The minimum atomic E-state index is -0.401. The number of piperidine rings is 1. The first-order chi connectivity index (χ1) is 18.1. The number of aromatic nitrogens is 2. The number of fused-ring (bicyclic) bond motifs is 3. The van der Waals surface area contributed by atoms with E-state index in [4.69, 9.17) is 0 Å². The molecule has 3 aromatic carbocycles. The summed E-state index contributed by atoms with van der Waals surface area (Å²) < 4.78 is 0. The predicted octanol–water partition coefficient (Wildman–Crippen LogP) is 6.54. The van der Waals surface area contributed by atoms with Crippen LogP contribution in [0.2, 0.25) is 0 Å². The molecule has 194 valence electrons. The largest absolute Gasteiger partial charge is 0.314 e. The minimum Gasteiger partial charge on any atom is -0.314 e. The summed E-state index contributed by atoms with van der Waals surface area (Å²) >= 11 is 0. The van der Waals surface area contributed by atoms with Gasteiger partial charge >= 0.3 is 0 Å². The van der Waals surface area contributed by atoms with Crippen LogP contribution in [0, 0.1) is 0 Å². The molecule has 1 aromatic heterocycles. The zero-order valence-corrected chi connectivity index (χ0v) is 22.5. The van der Waals surface area contributed by atoms with Gasteiger partial charge in [0, 0.05) is 30.6 Å². The van der Waals surface area contributed by atoms with Crippen LogP contribution in [0.4, 0.5) is 5.69 Å². The summed E-state index contributed by atoms with van der Waals surface area (Å²) in [7, 11) is 1.89. The summed E-state index contributed by atoms with van der Waals surface area (Å²) in [5.74, 6) is 0.426. The van der Waals surface area contributed by atoms with Crippen molar-refractivity contribution in [3.63, 3.8) is 0 Å². The molecule has 7 rings (SSSR count). The van der Waals surface area contributed by atoms with E-state index in [0.29, 0.717) is 0 Å². The third kappa shape index (κ3) is 4.05. The van der Waals surface area contributed by atoms with Crippen molar-refractivity contribution in [1.29, 1.82) is 0 Å². The van der Waals surface area contributed by atoms with Crippen LogP contribution in [0.1, 0.15) is 59.5 Å². The number of halogens is 1. The molecule has 1 spiro atoms. The molecule has 2 aliphatic heterocycles. The maximum absolute atomic E-state index is 13.2. The number of H-pyrrole nitrogens is 1. The molecule has 0 unspecified atom stereocenters. The molecule has 1 aliphatic carbocycles.